The first-order valence-corrected chi connectivity index (χ1v) is 13.6. The summed E-state index contributed by atoms with van der Waals surface area (Å²) in [6, 6.07) is -0.618. The lowest BCUT2D eigenvalue weighted by Crippen LogP contribution is -2.62. The third-order valence-electron chi connectivity index (χ3n) is 8.00. The number of fused-ring (bicyclic) bond motifs is 1. The number of aliphatic carboxylic acids is 1. The fourth-order valence-corrected chi connectivity index (χ4v) is 7.51. The number of guanidine groups is 1. The number of amides is 2. The smallest absolute Gasteiger partial charge is 0.353 e. The number of carbonyl (C=O) groups is 4. The highest BCUT2D eigenvalue weighted by Crippen LogP contribution is 2.53. The zero-order chi connectivity index (χ0) is 27.2. The number of likely N-dealkylation sites (tertiary alicyclic amines) is 1. The quantitative estimate of drug-likeness (QED) is 0.142. The van der Waals surface area contributed by atoms with E-state index in [1.165, 1.54) is 21.6 Å². The highest BCUT2D eigenvalue weighted by molar-refractivity contribution is 8.03. The number of β-lactam (4-membered cyclic amide) rings is 1. The van der Waals surface area contributed by atoms with E-state index in [-0.39, 0.29) is 77.4 Å². The number of hydrogen-bond donors (Lipinski definition) is 5. The lowest BCUT2D eigenvalue weighted by Gasteiger charge is -2.47. The molecule has 12 nitrogen and oxygen atoms in total. The molecule has 37 heavy (non-hydrogen) atoms. The second-order valence-electron chi connectivity index (χ2n) is 10.8. The SMILES string of the molecule is C[C@@H](CC(=O)CN(C)C(=N)N)[C@H]1C(=O)N2C(C(=O)O)=C(S[C@@H]3CN[C@H](C(=O)N4CC[C@@H](N)C4)C3)[C@H](C)[C@H]12. The predicted octanol–water partition coefficient (Wildman–Crippen LogP) is -0.797. The van der Waals surface area contributed by atoms with Crippen molar-refractivity contribution in [1.82, 2.24) is 20.0 Å². The van der Waals surface area contributed by atoms with Crippen LogP contribution in [0, 0.1) is 23.2 Å². The van der Waals surface area contributed by atoms with E-state index in [0.717, 1.165) is 6.42 Å². The summed E-state index contributed by atoms with van der Waals surface area (Å²) in [6.45, 7) is 5.55. The molecule has 0 aromatic heterocycles. The lowest BCUT2D eigenvalue weighted by atomic mass is 9.73. The van der Waals surface area contributed by atoms with E-state index in [4.69, 9.17) is 16.9 Å². The van der Waals surface area contributed by atoms with Gasteiger partial charge in [-0.15, -0.1) is 11.8 Å². The molecule has 0 aliphatic carbocycles. The minimum Gasteiger partial charge on any atom is -0.477 e. The van der Waals surface area contributed by atoms with Gasteiger partial charge >= 0.3 is 5.97 Å². The summed E-state index contributed by atoms with van der Waals surface area (Å²) in [5.74, 6) is -2.63. The maximum Gasteiger partial charge on any atom is 0.353 e. The lowest BCUT2D eigenvalue weighted by molar-refractivity contribution is -0.160. The van der Waals surface area contributed by atoms with Gasteiger partial charge in [-0.1, -0.05) is 13.8 Å². The van der Waals surface area contributed by atoms with Crippen molar-refractivity contribution < 1.29 is 24.3 Å². The number of likely N-dealkylation sites (N-methyl/N-ethyl adjacent to an activating group) is 1. The van der Waals surface area contributed by atoms with Crippen LogP contribution in [0.15, 0.2) is 10.6 Å². The summed E-state index contributed by atoms with van der Waals surface area (Å²) in [6.07, 6.45) is 1.52. The van der Waals surface area contributed by atoms with Crippen LogP contribution in [-0.4, -0.2) is 106 Å². The number of thioether (sulfide) groups is 1. The molecular formula is C24H37N7O5S. The van der Waals surface area contributed by atoms with Gasteiger partial charge in [-0.2, -0.15) is 0 Å². The molecule has 7 N–H and O–H groups in total. The average molecular weight is 536 g/mol. The Labute approximate surface area is 220 Å². The van der Waals surface area contributed by atoms with Crippen molar-refractivity contribution in [2.45, 2.75) is 56.5 Å². The second kappa shape index (κ2) is 10.6. The molecule has 4 aliphatic heterocycles. The van der Waals surface area contributed by atoms with Gasteiger partial charge in [0.2, 0.25) is 11.8 Å². The van der Waals surface area contributed by atoms with Crippen LogP contribution in [0.2, 0.25) is 0 Å². The average Bonchev–Trinajstić information content (AvgIpc) is 3.51. The minimum atomic E-state index is -1.14. The van der Waals surface area contributed by atoms with E-state index in [0.29, 0.717) is 31.0 Å². The molecule has 0 unspecified atom stereocenters. The van der Waals surface area contributed by atoms with Crippen LogP contribution < -0.4 is 16.8 Å². The maximum atomic E-state index is 13.1. The predicted molar refractivity (Wildman–Crippen MR) is 138 cm³/mol. The Balaban J connectivity index is 1.41. The maximum absolute atomic E-state index is 13.1. The Morgan fingerprint density at radius 2 is 2.05 bits per heavy atom. The van der Waals surface area contributed by atoms with Crippen molar-refractivity contribution >= 4 is 41.3 Å². The van der Waals surface area contributed by atoms with Gasteiger partial charge in [0.05, 0.1) is 24.5 Å². The molecule has 4 aliphatic rings. The topological polar surface area (TPSA) is 186 Å². The normalized spacial score (nSPS) is 31.8. The van der Waals surface area contributed by atoms with E-state index < -0.39 is 11.9 Å². The van der Waals surface area contributed by atoms with Crippen molar-refractivity contribution in [1.29, 1.82) is 5.41 Å². The first-order valence-electron chi connectivity index (χ1n) is 12.7. The molecule has 2 amide bonds. The summed E-state index contributed by atoms with van der Waals surface area (Å²) < 4.78 is 0. The van der Waals surface area contributed by atoms with E-state index in [9.17, 15) is 24.3 Å². The summed E-state index contributed by atoms with van der Waals surface area (Å²) >= 11 is 1.45. The summed E-state index contributed by atoms with van der Waals surface area (Å²) in [7, 11) is 1.56. The molecule has 204 valence electrons. The Kier molecular flexibility index (Phi) is 7.86. The van der Waals surface area contributed by atoms with Gasteiger partial charge in [0, 0.05) is 55.2 Å². The van der Waals surface area contributed by atoms with E-state index >= 15 is 0 Å². The third kappa shape index (κ3) is 5.21. The van der Waals surface area contributed by atoms with Crippen molar-refractivity contribution in [2.24, 2.45) is 29.2 Å². The molecule has 0 radical (unpaired) electrons. The Morgan fingerprint density at radius 3 is 2.65 bits per heavy atom. The molecule has 0 saturated carbocycles. The van der Waals surface area contributed by atoms with Crippen molar-refractivity contribution in [3.63, 3.8) is 0 Å². The highest BCUT2D eigenvalue weighted by Gasteiger charge is 2.60. The highest BCUT2D eigenvalue weighted by atomic mass is 32.2. The van der Waals surface area contributed by atoms with E-state index in [1.807, 2.05) is 13.8 Å². The number of nitrogens with two attached hydrogens (primary N) is 2. The number of Topliss-reactive ketones (excluding diaryl/α,β-unsaturated/α-hetero) is 1. The fourth-order valence-electron chi connectivity index (χ4n) is 6.04. The molecule has 0 bridgehead atoms. The monoisotopic (exact) mass is 535 g/mol. The largest absolute Gasteiger partial charge is 0.477 e. The van der Waals surface area contributed by atoms with E-state index in [1.54, 1.807) is 11.9 Å². The number of carboxylic acid groups (broad SMARTS) is 1. The number of ketones is 1. The standard InChI is InChI=1S/C24H37N7O5S/c1-11(6-14(32)10-29(3)24(26)27)17-18-12(2)20(19(23(35)36)31(18)22(17)34)37-15-7-16(28-8-15)21(33)30-5-4-13(25)9-30/h11-13,15-18,28H,4-10,25H2,1-3H3,(H3,26,27)(H,35,36)/t11-,12+,13+,15-,16-,17+,18+/m0/s1. The second-order valence-corrected chi connectivity index (χ2v) is 12.1. The zero-order valence-corrected chi connectivity index (χ0v) is 22.3. The Hall–Kier alpha value is -2.64. The molecule has 4 heterocycles. The van der Waals surface area contributed by atoms with Crippen LogP contribution in [0.1, 0.15) is 33.1 Å². The van der Waals surface area contributed by atoms with Gasteiger partial charge in [0.1, 0.15) is 5.70 Å². The molecular weight excluding hydrogens is 498 g/mol. The number of nitrogens with zero attached hydrogens (tertiary/aromatic N) is 3. The summed E-state index contributed by atoms with van der Waals surface area (Å²) in [4.78, 5) is 55.9. The number of nitrogens with one attached hydrogen (secondary N) is 2. The Bertz CT molecular complexity index is 1030. The number of rotatable bonds is 9. The molecule has 3 saturated heterocycles. The molecule has 7 atom stereocenters. The van der Waals surface area contributed by atoms with Crippen LogP contribution in [0.25, 0.3) is 0 Å². The van der Waals surface area contributed by atoms with Crippen LogP contribution in [0.5, 0.6) is 0 Å². The number of hydrogen-bond acceptors (Lipinski definition) is 8. The van der Waals surface area contributed by atoms with Crippen LogP contribution in [0.4, 0.5) is 0 Å². The van der Waals surface area contributed by atoms with Crippen molar-refractivity contribution in [3.05, 3.63) is 10.6 Å². The van der Waals surface area contributed by atoms with Gasteiger partial charge in [0.25, 0.3) is 0 Å². The van der Waals surface area contributed by atoms with Gasteiger partial charge in [-0.3, -0.25) is 19.8 Å². The van der Waals surface area contributed by atoms with E-state index in [2.05, 4.69) is 5.32 Å². The first kappa shape index (κ1) is 27.4. The molecule has 0 spiro atoms. The molecule has 0 aromatic rings. The Morgan fingerprint density at radius 1 is 1.35 bits per heavy atom. The molecule has 13 heteroatoms. The zero-order valence-electron chi connectivity index (χ0n) is 21.5. The number of carbonyl (C=O) groups excluding carboxylic acids is 3. The first-order chi connectivity index (χ1) is 17.4. The van der Waals surface area contributed by atoms with Gasteiger partial charge in [-0.05, 0) is 18.8 Å². The molecule has 4 rings (SSSR count). The molecule has 3 fully saturated rings. The summed E-state index contributed by atoms with van der Waals surface area (Å²) in [5, 5.41) is 20.7. The van der Waals surface area contributed by atoms with Gasteiger partial charge in [0.15, 0.2) is 11.7 Å². The van der Waals surface area contributed by atoms with Gasteiger partial charge in [-0.25, -0.2) is 4.79 Å². The van der Waals surface area contributed by atoms with Gasteiger partial charge < -0.3 is 36.6 Å². The minimum absolute atomic E-state index is 0.00500. The third-order valence-corrected chi connectivity index (χ3v) is 9.51. The summed E-state index contributed by atoms with van der Waals surface area (Å²) in [5.41, 5.74) is 11.4. The molecule has 0 aromatic carbocycles. The van der Waals surface area contributed by atoms with Crippen LogP contribution >= 0.6 is 11.8 Å². The van der Waals surface area contributed by atoms with Crippen LogP contribution in [-0.2, 0) is 19.2 Å². The van der Waals surface area contributed by atoms with Crippen LogP contribution in [0.3, 0.4) is 0 Å². The van der Waals surface area contributed by atoms with Crippen molar-refractivity contribution in [3.8, 4) is 0 Å². The van der Waals surface area contributed by atoms with Crippen molar-refractivity contribution in [2.75, 3.05) is 33.2 Å². The fraction of sp³-hybridized carbons (Fsp3) is 0.708. The number of carboxylic acids is 1.